The number of carbonyl (C=O) groups excluding carboxylic acids is 1. The van der Waals surface area contributed by atoms with Crippen LogP contribution in [0.3, 0.4) is 0 Å². The molecule has 0 radical (unpaired) electrons. The number of hydrogen-bond acceptors (Lipinski definition) is 4. The molecular weight excluding hydrogens is 364 g/mol. The third-order valence-electron chi connectivity index (χ3n) is 3.99. The summed E-state index contributed by atoms with van der Waals surface area (Å²) in [5.41, 5.74) is 4.98. The first-order valence-corrected chi connectivity index (χ1v) is 9.18. The summed E-state index contributed by atoms with van der Waals surface area (Å²) in [5, 5.41) is 4.00. The van der Waals surface area contributed by atoms with E-state index in [4.69, 9.17) is 9.47 Å². The van der Waals surface area contributed by atoms with Crippen molar-refractivity contribution in [2.24, 2.45) is 5.10 Å². The fraction of sp³-hybridized carbons (Fsp3) is 0.0833. The van der Waals surface area contributed by atoms with Crippen molar-refractivity contribution in [3.8, 4) is 11.5 Å². The van der Waals surface area contributed by atoms with Crippen LogP contribution < -0.4 is 14.9 Å². The summed E-state index contributed by atoms with van der Waals surface area (Å²) in [6.07, 6.45) is 3.25. The molecule has 0 aliphatic carbocycles. The van der Waals surface area contributed by atoms with Crippen LogP contribution in [0.15, 0.2) is 96.6 Å². The summed E-state index contributed by atoms with van der Waals surface area (Å²) < 4.78 is 11.1. The van der Waals surface area contributed by atoms with Crippen LogP contribution in [0.2, 0.25) is 0 Å². The highest BCUT2D eigenvalue weighted by Gasteiger charge is 2.04. The van der Waals surface area contributed by atoms with E-state index in [-0.39, 0.29) is 5.91 Å². The average Bonchev–Trinajstić information content (AvgIpc) is 2.78. The van der Waals surface area contributed by atoms with E-state index >= 15 is 0 Å². The van der Waals surface area contributed by atoms with Gasteiger partial charge in [-0.2, -0.15) is 5.10 Å². The zero-order chi connectivity index (χ0) is 20.3. The summed E-state index contributed by atoms with van der Waals surface area (Å²) in [7, 11) is 0. The second-order valence-electron chi connectivity index (χ2n) is 6.17. The largest absolute Gasteiger partial charge is 0.490 e. The van der Waals surface area contributed by atoms with E-state index in [1.54, 1.807) is 36.6 Å². The molecule has 146 valence electrons. The Morgan fingerprint density at radius 3 is 2.24 bits per heavy atom. The Bertz CT molecular complexity index is 950. The van der Waals surface area contributed by atoms with Crippen molar-refractivity contribution >= 4 is 12.1 Å². The van der Waals surface area contributed by atoms with Gasteiger partial charge in [0.25, 0.3) is 5.91 Å². The van der Waals surface area contributed by atoms with Crippen molar-refractivity contribution in [2.45, 2.75) is 6.61 Å². The van der Waals surface area contributed by atoms with Gasteiger partial charge >= 0.3 is 0 Å². The fourth-order valence-corrected chi connectivity index (χ4v) is 2.48. The van der Waals surface area contributed by atoms with Crippen LogP contribution in [0.25, 0.3) is 0 Å². The van der Waals surface area contributed by atoms with E-state index in [0.717, 1.165) is 16.9 Å². The summed E-state index contributed by atoms with van der Waals surface area (Å²) in [5.74, 6) is 1.16. The van der Waals surface area contributed by atoms with Gasteiger partial charge in [-0.25, -0.2) is 5.43 Å². The van der Waals surface area contributed by atoms with E-state index in [1.165, 1.54) is 0 Å². The number of hydrazone groups is 1. The topological polar surface area (TPSA) is 59.9 Å². The van der Waals surface area contributed by atoms with Crippen LogP contribution in [0.4, 0.5) is 0 Å². The molecule has 0 aliphatic rings. The van der Waals surface area contributed by atoms with Gasteiger partial charge in [0.1, 0.15) is 24.7 Å². The Labute approximate surface area is 170 Å². The molecule has 0 atom stereocenters. The van der Waals surface area contributed by atoms with Crippen LogP contribution in [0.1, 0.15) is 21.5 Å². The van der Waals surface area contributed by atoms with E-state index in [2.05, 4.69) is 17.1 Å². The van der Waals surface area contributed by atoms with Crippen LogP contribution >= 0.6 is 0 Å². The zero-order valence-corrected chi connectivity index (χ0v) is 16.0. The molecule has 1 amide bonds. The number of hydrogen-bond donors (Lipinski definition) is 1. The molecule has 0 unspecified atom stereocenters. The van der Waals surface area contributed by atoms with Gasteiger partial charge in [0.2, 0.25) is 0 Å². The van der Waals surface area contributed by atoms with Crippen molar-refractivity contribution < 1.29 is 14.3 Å². The van der Waals surface area contributed by atoms with Crippen molar-refractivity contribution in [1.29, 1.82) is 0 Å². The summed E-state index contributed by atoms with van der Waals surface area (Å²) in [6, 6.07) is 24.3. The molecule has 0 aromatic heterocycles. The molecule has 0 saturated carbocycles. The molecule has 3 rings (SSSR count). The van der Waals surface area contributed by atoms with Gasteiger partial charge in [-0.15, -0.1) is 0 Å². The quantitative estimate of drug-likeness (QED) is 0.332. The van der Waals surface area contributed by atoms with Gasteiger partial charge in [-0.1, -0.05) is 43.0 Å². The smallest absolute Gasteiger partial charge is 0.271 e. The number of ether oxygens (including phenoxy) is 2. The van der Waals surface area contributed by atoms with Crippen LogP contribution in [0, 0.1) is 0 Å². The van der Waals surface area contributed by atoms with E-state index in [9.17, 15) is 4.79 Å². The standard InChI is InChI=1S/C24H22N2O3/c1-2-16-28-22-14-10-21(11-15-22)24(27)26-25-17-19-8-12-23(13-9-19)29-18-20-6-4-3-5-7-20/h2-15,17H,1,16,18H2,(H,26,27). The van der Waals surface area contributed by atoms with Crippen LogP contribution in [-0.4, -0.2) is 18.7 Å². The Morgan fingerprint density at radius 2 is 1.55 bits per heavy atom. The SMILES string of the molecule is C=CCOc1ccc(C(=O)NN=Cc2ccc(OCc3ccccc3)cc2)cc1. The highest BCUT2D eigenvalue weighted by Crippen LogP contribution is 2.14. The van der Waals surface area contributed by atoms with Crippen molar-refractivity contribution in [2.75, 3.05) is 6.61 Å². The predicted octanol–water partition coefficient (Wildman–Crippen LogP) is 4.59. The molecular formula is C24H22N2O3. The lowest BCUT2D eigenvalue weighted by molar-refractivity contribution is 0.0955. The number of rotatable bonds is 9. The highest BCUT2D eigenvalue weighted by atomic mass is 16.5. The second-order valence-corrected chi connectivity index (χ2v) is 6.17. The minimum atomic E-state index is -0.292. The van der Waals surface area contributed by atoms with Gasteiger partial charge < -0.3 is 9.47 Å². The van der Waals surface area contributed by atoms with Gasteiger partial charge in [-0.3, -0.25) is 4.79 Å². The van der Waals surface area contributed by atoms with Crippen molar-refractivity contribution in [1.82, 2.24) is 5.43 Å². The Kier molecular flexibility index (Phi) is 7.18. The summed E-state index contributed by atoms with van der Waals surface area (Å²) >= 11 is 0. The predicted molar refractivity (Wildman–Crippen MR) is 114 cm³/mol. The Morgan fingerprint density at radius 1 is 0.897 bits per heavy atom. The Balaban J connectivity index is 1.48. The number of carbonyl (C=O) groups is 1. The molecule has 0 heterocycles. The van der Waals surface area contributed by atoms with Gasteiger partial charge in [0.15, 0.2) is 0 Å². The normalized spacial score (nSPS) is 10.5. The molecule has 1 N–H and O–H groups in total. The molecule has 3 aromatic rings. The first-order valence-electron chi connectivity index (χ1n) is 9.18. The van der Waals surface area contributed by atoms with Crippen LogP contribution in [-0.2, 0) is 6.61 Å². The van der Waals surface area contributed by atoms with Crippen LogP contribution in [0.5, 0.6) is 11.5 Å². The number of benzene rings is 3. The highest BCUT2D eigenvalue weighted by molar-refractivity contribution is 5.95. The molecule has 0 aliphatic heterocycles. The minimum Gasteiger partial charge on any atom is -0.490 e. The first-order chi connectivity index (χ1) is 14.2. The number of nitrogens with zero attached hydrogens (tertiary/aromatic N) is 1. The molecule has 0 saturated heterocycles. The maximum atomic E-state index is 12.1. The van der Waals surface area contributed by atoms with E-state index < -0.39 is 0 Å². The lowest BCUT2D eigenvalue weighted by Gasteiger charge is -2.06. The number of nitrogens with one attached hydrogen (secondary N) is 1. The molecule has 29 heavy (non-hydrogen) atoms. The van der Waals surface area contributed by atoms with E-state index in [0.29, 0.717) is 24.5 Å². The van der Waals surface area contributed by atoms with Crippen molar-refractivity contribution in [3.63, 3.8) is 0 Å². The molecule has 0 spiro atoms. The number of amides is 1. The van der Waals surface area contributed by atoms with Gasteiger partial charge in [-0.05, 0) is 59.7 Å². The monoisotopic (exact) mass is 386 g/mol. The summed E-state index contributed by atoms with van der Waals surface area (Å²) in [6.45, 7) is 4.53. The maximum absolute atomic E-state index is 12.1. The molecule has 5 heteroatoms. The molecule has 0 fully saturated rings. The summed E-state index contributed by atoms with van der Waals surface area (Å²) in [4.78, 5) is 12.1. The van der Waals surface area contributed by atoms with Gasteiger partial charge in [0.05, 0.1) is 6.21 Å². The maximum Gasteiger partial charge on any atom is 0.271 e. The third-order valence-corrected chi connectivity index (χ3v) is 3.99. The van der Waals surface area contributed by atoms with Gasteiger partial charge in [0, 0.05) is 5.56 Å². The minimum absolute atomic E-state index is 0.292. The lowest BCUT2D eigenvalue weighted by atomic mass is 10.2. The average molecular weight is 386 g/mol. The molecule has 3 aromatic carbocycles. The molecule has 5 nitrogen and oxygen atoms in total. The van der Waals surface area contributed by atoms with E-state index in [1.807, 2.05) is 54.6 Å². The second kappa shape index (κ2) is 10.5. The molecule has 0 bridgehead atoms. The fourth-order valence-electron chi connectivity index (χ4n) is 2.48. The lowest BCUT2D eigenvalue weighted by Crippen LogP contribution is -2.17. The zero-order valence-electron chi connectivity index (χ0n) is 16.0. The van der Waals surface area contributed by atoms with Crippen molar-refractivity contribution in [3.05, 3.63) is 108 Å². The first kappa shape index (κ1) is 19.9. The Hall–Kier alpha value is -3.86. The third kappa shape index (κ3) is 6.36.